The summed E-state index contributed by atoms with van der Waals surface area (Å²) >= 11 is 0. The molecule has 17 heavy (non-hydrogen) atoms. The quantitative estimate of drug-likeness (QED) is 0.644. The molecule has 5 heteroatoms. The molecule has 1 aromatic carbocycles. The van der Waals surface area contributed by atoms with E-state index in [2.05, 4.69) is 6.58 Å². The van der Waals surface area contributed by atoms with Gasteiger partial charge >= 0.3 is 11.9 Å². The lowest BCUT2D eigenvalue weighted by Crippen LogP contribution is -2.16. The van der Waals surface area contributed by atoms with Crippen molar-refractivity contribution in [3.05, 3.63) is 47.8 Å². The Morgan fingerprint density at radius 3 is 2.29 bits per heavy atom. The molecule has 90 valence electrons. The summed E-state index contributed by atoms with van der Waals surface area (Å²) in [5.41, 5.74) is 0.0702. The first-order valence-corrected chi connectivity index (χ1v) is 4.76. The van der Waals surface area contributed by atoms with Gasteiger partial charge in [0.25, 0.3) is 0 Å². The van der Waals surface area contributed by atoms with Gasteiger partial charge in [-0.1, -0.05) is 18.7 Å². The van der Waals surface area contributed by atoms with Crippen molar-refractivity contribution < 1.29 is 23.8 Å². The van der Waals surface area contributed by atoms with Crippen molar-refractivity contribution in [1.82, 2.24) is 0 Å². The predicted molar refractivity (Wildman–Crippen MR) is 57.7 cm³/mol. The maximum Gasteiger partial charge on any atom is 0.335 e. The van der Waals surface area contributed by atoms with Gasteiger partial charge in [0, 0.05) is 6.92 Å². The molecule has 0 spiro atoms. The molecule has 0 heterocycles. The van der Waals surface area contributed by atoms with Crippen molar-refractivity contribution >= 4 is 11.9 Å². The average molecular weight is 238 g/mol. The Kier molecular flexibility index (Phi) is 3.98. The summed E-state index contributed by atoms with van der Waals surface area (Å²) in [7, 11) is 0. The molecule has 0 saturated carbocycles. The lowest BCUT2D eigenvalue weighted by Gasteiger charge is -2.17. The summed E-state index contributed by atoms with van der Waals surface area (Å²) in [5, 5.41) is 8.82. The monoisotopic (exact) mass is 238 g/mol. The van der Waals surface area contributed by atoms with E-state index in [1.54, 1.807) is 0 Å². The van der Waals surface area contributed by atoms with Gasteiger partial charge in [-0.15, -0.1) is 0 Å². The van der Waals surface area contributed by atoms with Crippen LogP contribution < -0.4 is 0 Å². The molecule has 1 aromatic rings. The molecule has 1 atom stereocenters. The number of aliphatic carboxylic acids is 1. The molecule has 0 amide bonds. The number of carbonyl (C=O) groups is 2. The molecule has 0 radical (unpaired) electrons. The molecular formula is C12H11FO4. The Bertz CT molecular complexity index is 450. The third-order valence-corrected chi connectivity index (χ3v) is 2.05. The molecule has 0 bridgehead atoms. The molecule has 0 aromatic heterocycles. The molecule has 0 fully saturated rings. The van der Waals surface area contributed by atoms with Crippen LogP contribution in [0.15, 0.2) is 36.4 Å². The van der Waals surface area contributed by atoms with Crippen LogP contribution in [0.3, 0.4) is 0 Å². The summed E-state index contributed by atoms with van der Waals surface area (Å²) in [4.78, 5) is 21.7. The van der Waals surface area contributed by atoms with Gasteiger partial charge in [-0.3, -0.25) is 4.79 Å². The third-order valence-electron chi connectivity index (χ3n) is 2.05. The van der Waals surface area contributed by atoms with Gasteiger partial charge in [-0.2, -0.15) is 0 Å². The molecule has 0 aliphatic rings. The highest BCUT2D eigenvalue weighted by molar-refractivity contribution is 5.87. The molecule has 4 nitrogen and oxygen atoms in total. The van der Waals surface area contributed by atoms with E-state index >= 15 is 0 Å². The van der Waals surface area contributed by atoms with Crippen molar-refractivity contribution in [2.24, 2.45) is 0 Å². The average Bonchev–Trinajstić information content (AvgIpc) is 2.26. The first-order chi connectivity index (χ1) is 7.91. The molecule has 0 saturated heterocycles. The number of benzene rings is 1. The van der Waals surface area contributed by atoms with Gasteiger partial charge in [-0.25, -0.2) is 9.18 Å². The molecule has 0 aliphatic heterocycles. The standard InChI is InChI=1S/C12H11FO4/c1-7(12(15)16)11(17-8(2)14)9-3-5-10(13)6-4-9/h3-6,11H,1H2,2H3,(H,15,16). The van der Waals surface area contributed by atoms with E-state index in [4.69, 9.17) is 9.84 Å². The van der Waals surface area contributed by atoms with Crippen LogP contribution in [-0.2, 0) is 14.3 Å². The topological polar surface area (TPSA) is 63.6 Å². The molecule has 1 N–H and O–H groups in total. The zero-order valence-corrected chi connectivity index (χ0v) is 9.14. The van der Waals surface area contributed by atoms with Crippen molar-refractivity contribution in [3.63, 3.8) is 0 Å². The minimum absolute atomic E-state index is 0.285. The van der Waals surface area contributed by atoms with Crippen LogP contribution in [0.5, 0.6) is 0 Å². The first kappa shape index (κ1) is 12.9. The van der Waals surface area contributed by atoms with Crippen molar-refractivity contribution in [2.75, 3.05) is 0 Å². The maximum absolute atomic E-state index is 12.7. The van der Waals surface area contributed by atoms with Crippen LogP contribution in [0.2, 0.25) is 0 Å². The fourth-order valence-electron chi connectivity index (χ4n) is 1.26. The third kappa shape index (κ3) is 3.41. The normalized spacial score (nSPS) is 11.6. The lowest BCUT2D eigenvalue weighted by molar-refractivity contribution is -0.146. The SMILES string of the molecule is C=C(C(=O)O)C(OC(C)=O)c1ccc(F)cc1. The minimum Gasteiger partial charge on any atom is -0.478 e. The number of halogens is 1. The number of hydrogen-bond acceptors (Lipinski definition) is 3. The lowest BCUT2D eigenvalue weighted by atomic mass is 10.0. The van der Waals surface area contributed by atoms with Crippen molar-refractivity contribution in [3.8, 4) is 0 Å². The zero-order chi connectivity index (χ0) is 13.0. The van der Waals surface area contributed by atoms with Gasteiger partial charge in [-0.05, 0) is 17.7 Å². The van der Waals surface area contributed by atoms with E-state index in [9.17, 15) is 14.0 Å². The highest BCUT2D eigenvalue weighted by atomic mass is 19.1. The summed E-state index contributed by atoms with van der Waals surface area (Å²) in [5.74, 6) is -2.38. The summed E-state index contributed by atoms with van der Waals surface area (Å²) in [6.07, 6.45) is -1.11. The van der Waals surface area contributed by atoms with Gasteiger partial charge in [0.2, 0.25) is 0 Å². The summed E-state index contributed by atoms with van der Waals surface area (Å²) in [6.45, 7) is 4.49. The predicted octanol–water partition coefficient (Wildman–Crippen LogP) is 2.07. The Hall–Kier alpha value is -2.17. The van der Waals surface area contributed by atoms with Crippen LogP contribution in [0.25, 0.3) is 0 Å². The minimum atomic E-state index is -1.28. The number of ether oxygens (including phenoxy) is 1. The van der Waals surface area contributed by atoms with E-state index in [0.29, 0.717) is 5.56 Å². The van der Waals surface area contributed by atoms with E-state index in [-0.39, 0.29) is 5.57 Å². The number of hydrogen-bond donors (Lipinski definition) is 1. The van der Waals surface area contributed by atoms with Crippen LogP contribution in [0, 0.1) is 5.82 Å². The highest BCUT2D eigenvalue weighted by Crippen LogP contribution is 2.25. The number of carboxylic acids is 1. The second kappa shape index (κ2) is 5.25. The zero-order valence-electron chi connectivity index (χ0n) is 9.14. The van der Waals surface area contributed by atoms with Crippen LogP contribution in [0.4, 0.5) is 4.39 Å². The Labute approximate surface area is 97.3 Å². The van der Waals surface area contributed by atoms with Crippen LogP contribution in [0.1, 0.15) is 18.6 Å². The molecule has 1 rings (SSSR count). The van der Waals surface area contributed by atoms with Crippen LogP contribution >= 0.6 is 0 Å². The second-order valence-corrected chi connectivity index (χ2v) is 3.37. The number of carbonyl (C=O) groups excluding carboxylic acids is 1. The van der Waals surface area contributed by atoms with Gasteiger partial charge in [0.15, 0.2) is 6.10 Å². The summed E-state index contributed by atoms with van der Waals surface area (Å²) in [6, 6.07) is 5.00. The smallest absolute Gasteiger partial charge is 0.335 e. The Balaban J connectivity index is 3.05. The van der Waals surface area contributed by atoms with E-state index in [0.717, 1.165) is 19.1 Å². The van der Waals surface area contributed by atoms with Gasteiger partial charge in [0.05, 0.1) is 5.57 Å². The number of rotatable bonds is 4. The fraction of sp³-hybridized carbons (Fsp3) is 0.167. The number of esters is 1. The Morgan fingerprint density at radius 2 is 1.88 bits per heavy atom. The van der Waals surface area contributed by atoms with E-state index < -0.39 is 23.9 Å². The molecule has 0 aliphatic carbocycles. The van der Waals surface area contributed by atoms with E-state index in [1.807, 2.05) is 0 Å². The highest BCUT2D eigenvalue weighted by Gasteiger charge is 2.23. The maximum atomic E-state index is 12.7. The van der Waals surface area contributed by atoms with Gasteiger partial charge < -0.3 is 9.84 Å². The second-order valence-electron chi connectivity index (χ2n) is 3.37. The van der Waals surface area contributed by atoms with Crippen molar-refractivity contribution in [2.45, 2.75) is 13.0 Å². The van der Waals surface area contributed by atoms with Crippen molar-refractivity contribution in [1.29, 1.82) is 0 Å². The summed E-state index contributed by atoms with van der Waals surface area (Å²) < 4.78 is 17.6. The first-order valence-electron chi connectivity index (χ1n) is 4.76. The largest absolute Gasteiger partial charge is 0.478 e. The van der Waals surface area contributed by atoms with Gasteiger partial charge in [0.1, 0.15) is 5.82 Å². The fourth-order valence-corrected chi connectivity index (χ4v) is 1.26. The van der Waals surface area contributed by atoms with Crippen LogP contribution in [-0.4, -0.2) is 17.0 Å². The Morgan fingerprint density at radius 1 is 1.35 bits per heavy atom. The van der Waals surface area contributed by atoms with E-state index in [1.165, 1.54) is 12.1 Å². The molecular weight excluding hydrogens is 227 g/mol. The molecule has 1 unspecified atom stereocenters. The number of carboxylic acid groups (broad SMARTS) is 1.